The number of carbonyl (C=O) groups excluding carboxylic acids is 3. The van der Waals surface area contributed by atoms with Crippen molar-refractivity contribution in [3.8, 4) is 0 Å². The van der Waals surface area contributed by atoms with Gasteiger partial charge in [-0.15, -0.1) is 0 Å². The number of rotatable bonds is 5. The van der Waals surface area contributed by atoms with Gasteiger partial charge in [-0.2, -0.15) is 0 Å². The lowest BCUT2D eigenvalue weighted by Crippen LogP contribution is -2.39. The van der Waals surface area contributed by atoms with E-state index in [9.17, 15) is 14.4 Å². The number of anilines is 1. The maximum absolute atomic E-state index is 13.2. The monoisotopic (exact) mass is 404 g/mol. The highest BCUT2D eigenvalue weighted by Crippen LogP contribution is 2.31. The van der Waals surface area contributed by atoms with E-state index in [1.807, 2.05) is 31.2 Å². The Morgan fingerprint density at radius 3 is 2.53 bits per heavy atom. The van der Waals surface area contributed by atoms with Gasteiger partial charge >= 0.3 is 0 Å². The van der Waals surface area contributed by atoms with E-state index in [1.165, 1.54) is 19.3 Å². The van der Waals surface area contributed by atoms with Gasteiger partial charge in [-0.3, -0.25) is 14.4 Å². The highest BCUT2D eigenvalue weighted by atomic mass is 16.2. The normalized spacial score (nSPS) is 18.9. The third-order valence-corrected chi connectivity index (χ3v) is 6.26. The summed E-state index contributed by atoms with van der Waals surface area (Å²) in [6, 6.07) is 14.2. The van der Waals surface area contributed by atoms with Crippen LogP contribution in [0.4, 0.5) is 5.69 Å². The number of ketones is 1. The van der Waals surface area contributed by atoms with Crippen LogP contribution in [0, 0.1) is 5.92 Å². The summed E-state index contributed by atoms with van der Waals surface area (Å²) in [5.74, 6) is 0.572. The van der Waals surface area contributed by atoms with Gasteiger partial charge in [0.25, 0.3) is 11.8 Å². The van der Waals surface area contributed by atoms with E-state index in [0.29, 0.717) is 29.8 Å². The van der Waals surface area contributed by atoms with E-state index in [0.717, 1.165) is 17.9 Å². The summed E-state index contributed by atoms with van der Waals surface area (Å²) < 4.78 is 0. The molecule has 2 amide bonds. The van der Waals surface area contributed by atoms with E-state index < -0.39 is 0 Å². The molecule has 1 unspecified atom stereocenters. The zero-order valence-corrected chi connectivity index (χ0v) is 17.4. The SMILES string of the molecule is CC1CC(=O)Cc2cc(C(=O)NCCC3CCC3)ccc2N1C(=O)c1ccccc1. The number of carbonyl (C=O) groups is 3. The topological polar surface area (TPSA) is 66.5 Å². The van der Waals surface area contributed by atoms with Crippen LogP contribution in [0.2, 0.25) is 0 Å². The largest absolute Gasteiger partial charge is 0.352 e. The average Bonchev–Trinajstić information content (AvgIpc) is 2.83. The van der Waals surface area contributed by atoms with Gasteiger partial charge in [-0.05, 0) is 55.2 Å². The van der Waals surface area contributed by atoms with Crippen molar-refractivity contribution in [1.82, 2.24) is 5.32 Å². The van der Waals surface area contributed by atoms with Crippen molar-refractivity contribution in [1.29, 1.82) is 0 Å². The Kier molecular flexibility index (Phi) is 5.98. The number of fused-ring (bicyclic) bond motifs is 1. The lowest BCUT2D eigenvalue weighted by atomic mass is 9.83. The van der Waals surface area contributed by atoms with E-state index in [-0.39, 0.29) is 30.1 Å². The number of nitrogens with one attached hydrogen (secondary N) is 1. The Morgan fingerprint density at radius 1 is 1.07 bits per heavy atom. The third-order valence-electron chi connectivity index (χ3n) is 6.26. The van der Waals surface area contributed by atoms with Crippen LogP contribution in [0.1, 0.15) is 65.3 Å². The number of nitrogens with zero attached hydrogens (tertiary/aromatic N) is 1. The van der Waals surface area contributed by atoms with Crippen LogP contribution in [0.25, 0.3) is 0 Å². The van der Waals surface area contributed by atoms with Crippen molar-refractivity contribution in [3.63, 3.8) is 0 Å². The molecule has 1 saturated carbocycles. The highest BCUT2D eigenvalue weighted by molar-refractivity contribution is 6.08. The van der Waals surface area contributed by atoms with E-state index >= 15 is 0 Å². The molecular formula is C25H28N2O3. The molecule has 0 bridgehead atoms. The molecule has 1 fully saturated rings. The van der Waals surface area contributed by atoms with Gasteiger partial charge < -0.3 is 10.2 Å². The van der Waals surface area contributed by atoms with Crippen LogP contribution >= 0.6 is 0 Å². The molecule has 2 aliphatic rings. The molecule has 0 saturated heterocycles. The number of hydrogen-bond acceptors (Lipinski definition) is 3. The van der Waals surface area contributed by atoms with E-state index in [2.05, 4.69) is 5.32 Å². The molecule has 1 heterocycles. The second-order valence-electron chi connectivity index (χ2n) is 8.49. The Morgan fingerprint density at radius 2 is 1.83 bits per heavy atom. The summed E-state index contributed by atoms with van der Waals surface area (Å²) >= 11 is 0. The zero-order valence-electron chi connectivity index (χ0n) is 17.4. The molecule has 4 rings (SSSR count). The fraction of sp³-hybridized carbons (Fsp3) is 0.400. The van der Waals surface area contributed by atoms with Crippen LogP contribution in [0.15, 0.2) is 48.5 Å². The summed E-state index contributed by atoms with van der Waals surface area (Å²) in [6.07, 6.45) is 5.39. The first kappa shape index (κ1) is 20.3. The van der Waals surface area contributed by atoms with Crippen molar-refractivity contribution in [3.05, 3.63) is 65.2 Å². The van der Waals surface area contributed by atoms with E-state index in [1.54, 1.807) is 29.2 Å². The molecule has 0 aromatic heterocycles. The minimum atomic E-state index is -0.242. The lowest BCUT2D eigenvalue weighted by Gasteiger charge is -2.29. The van der Waals surface area contributed by atoms with Crippen LogP contribution in [0.3, 0.4) is 0 Å². The molecule has 0 spiro atoms. The average molecular weight is 405 g/mol. The van der Waals surface area contributed by atoms with Gasteiger partial charge in [-0.25, -0.2) is 0 Å². The van der Waals surface area contributed by atoms with Gasteiger partial charge in [0, 0.05) is 42.2 Å². The maximum atomic E-state index is 13.2. The standard InChI is InChI=1S/C25H28N2O3/c1-17-14-22(28)16-21-15-20(24(29)26-13-12-18-6-5-7-18)10-11-23(21)27(17)25(30)19-8-3-2-4-9-19/h2-4,8-11,15,17-18H,5-7,12-14,16H2,1H3,(H,26,29). The predicted molar refractivity (Wildman–Crippen MR) is 117 cm³/mol. The number of hydrogen-bond donors (Lipinski definition) is 1. The van der Waals surface area contributed by atoms with Crippen molar-refractivity contribution in [2.75, 3.05) is 11.4 Å². The quantitative estimate of drug-likeness (QED) is 0.814. The molecule has 156 valence electrons. The molecule has 1 aliphatic heterocycles. The molecule has 1 aliphatic carbocycles. The second kappa shape index (κ2) is 8.82. The first-order chi connectivity index (χ1) is 14.5. The van der Waals surface area contributed by atoms with Crippen LogP contribution in [-0.2, 0) is 11.2 Å². The van der Waals surface area contributed by atoms with Crippen molar-refractivity contribution >= 4 is 23.3 Å². The van der Waals surface area contributed by atoms with Crippen molar-refractivity contribution < 1.29 is 14.4 Å². The fourth-order valence-electron chi connectivity index (χ4n) is 4.35. The molecule has 5 heteroatoms. The van der Waals surface area contributed by atoms with Crippen LogP contribution in [0.5, 0.6) is 0 Å². The second-order valence-corrected chi connectivity index (χ2v) is 8.49. The van der Waals surface area contributed by atoms with Crippen molar-refractivity contribution in [2.45, 2.75) is 51.5 Å². The Bertz CT molecular complexity index is 950. The first-order valence-electron chi connectivity index (χ1n) is 10.8. The molecule has 1 atom stereocenters. The van der Waals surface area contributed by atoms with Gasteiger partial charge in [0.2, 0.25) is 0 Å². The lowest BCUT2D eigenvalue weighted by molar-refractivity contribution is -0.118. The third kappa shape index (κ3) is 4.30. The molecule has 1 N–H and O–H groups in total. The highest BCUT2D eigenvalue weighted by Gasteiger charge is 2.31. The Hall–Kier alpha value is -2.95. The predicted octanol–water partition coefficient (Wildman–Crippen LogP) is 4.16. The summed E-state index contributed by atoms with van der Waals surface area (Å²) in [4.78, 5) is 40.0. The number of benzene rings is 2. The molecule has 5 nitrogen and oxygen atoms in total. The molecule has 30 heavy (non-hydrogen) atoms. The van der Waals surface area contributed by atoms with Gasteiger partial charge in [0.1, 0.15) is 5.78 Å². The van der Waals surface area contributed by atoms with Crippen LogP contribution < -0.4 is 10.2 Å². The Balaban J connectivity index is 1.57. The summed E-state index contributed by atoms with van der Waals surface area (Å²) in [6.45, 7) is 2.57. The van der Waals surface area contributed by atoms with E-state index in [4.69, 9.17) is 0 Å². The molecular weight excluding hydrogens is 376 g/mol. The summed E-state index contributed by atoms with van der Waals surface area (Å²) in [5, 5.41) is 3.00. The fourth-order valence-corrected chi connectivity index (χ4v) is 4.35. The molecule has 2 aromatic carbocycles. The zero-order chi connectivity index (χ0) is 21.1. The smallest absolute Gasteiger partial charge is 0.258 e. The first-order valence-corrected chi connectivity index (χ1v) is 10.8. The Labute approximate surface area is 177 Å². The summed E-state index contributed by atoms with van der Waals surface area (Å²) in [5.41, 5.74) is 2.58. The van der Waals surface area contributed by atoms with Crippen molar-refractivity contribution in [2.24, 2.45) is 5.92 Å². The van der Waals surface area contributed by atoms with Gasteiger partial charge in [-0.1, -0.05) is 37.5 Å². The van der Waals surface area contributed by atoms with Gasteiger partial charge in [0.05, 0.1) is 0 Å². The number of amides is 2. The van der Waals surface area contributed by atoms with Crippen LogP contribution in [-0.4, -0.2) is 30.2 Å². The minimum Gasteiger partial charge on any atom is -0.352 e. The summed E-state index contributed by atoms with van der Waals surface area (Å²) in [7, 11) is 0. The molecule has 2 aromatic rings. The number of Topliss-reactive ketones (excluding diaryl/α,β-unsaturated/α-hetero) is 1. The molecule has 0 radical (unpaired) electrons. The minimum absolute atomic E-state index is 0.0784. The maximum Gasteiger partial charge on any atom is 0.258 e. The van der Waals surface area contributed by atoms with Gasteiger partial charge in [0.15, 0.2) is 0 Å².